The van der Waals surface area contributed by atoms with E-state index in [2.05, 4.69) is 9.97 Å². The van der Waals surface area contributed by atoms with Gasteiger partial charge in [-0.2, -0.15) is 0 Å². The summed E-state index contributed by atoms with van der Waals surface area (Å²) in [5.74, 6) is 0.170. The maximum Gasteiger partial charge on any atom is 0.334 e. The molecule has 0 unspecified atom stereocenters. The molecule has 0 fully saturated rings. The van der Waals surface area contributed by atoms with E-state index in [4.69, 9.17) is 4.74 Å². The fraction of sp³-hybridized carbons (Fsp3) is 0.143. The van der Waals surface area contributed by atoms with Gasteiger partial charge in [0.05, 0.1) is 6.20 Å². The SMILES string of the molecule is C[C@@H](C(=O)Oc1ccccc1)N(C=O)c1cnccn1. The minimum Gasteiger partial charge on any atom is -0.425 e. The van der Waals surface area contributed by atoms with Crippen molar-refractivity contribution in [2.75, 3.05) is 4.90 Å². The van der Waals surface area contributed by atoms with Crippen LogP contribution in [0, 0.1) is 0 Å². The zero-order chi connectivity index (χ0) is 14.4. The molecule has 0 saturated carbocycles. The molecular weight excluding hydrogens is 258 g/mol. The lowest BCUT2D eigenvalue weighted by molar-refractivity contribution is -0.136. The first-order valence-electron chi connectivity index (χ1n) is 5.99. The van der Waals surface area contributed by atoms with Crippen LogP contribution >= 0.6 is 0 Å². The van der Waals surface area contributed by atoms with Crippen molar-refractivity contribution in [3.8, 4) is 5.75 Å². The van der Waals surface area contributed by atoms with E-state index in [9.17, 15) is 9.59 Å². The van der Waals surface area contributed by atoms with E-state index in [0.717, 1.165) is 4.90 Å². The summed E-state index contributed by atoms with van der Waals surface area (Å²) in [6.45, 7) is 1.56. The Bertz CT molecular complexity index is 575. The number of para-hydroxylation sites is 1. The molecule has 6 heteroatoms. The number of esters is 1. The van der Waals surface area contributed by atoms with E-state index in [0.29, 0.717) is 18.0 Å². The second-order valence-corrected chi connectivity index (χ2v) is 3.99. The molecule has 0 spiro atoms. The Labute approximate surface area is 116 Å². The van der Waals surface area contributed by atoms with Crippen molar-refractivity contribution in [1.82, 2.24) is 9.97 Å². The Balaban J connectivity index is 2.11. The first-order valence-corrected chi connectivity index (χ1v) is 5.99. The van der Waals surface area contributed by atoms with Crippen LogP contribution in [0.5, 0.6) is 5.75 Å². The van der Waals surface area contributed by atoms with Crippen LogP contribution in [0.4, 0.5) is 5.82 Å². The molecule has 20 heavy (non-hydrogen) atoms. The summed E-state index contributed by atoms with van der Waals surface area (Å²) in [6, 6.07) is 7.86. The van der Waals surface area contributed by atoms with Crippen LogP contribution in [0.1, 0.15) is 6.92 Å². The van der Waals surface area contributed by atoms with Crippen LogP contribution in [0.25, 0.3) is 0 Å². The van der Waals surface area contributed by atoms with Crippen LogP contribution in [0.2, 0.25) is 0 Å². The Hall–Kier alpha value is -2.76. The number of rotatable bonds is 5. The lowest BCUT2D eigenvalue weighted by Gasteiger charge is -2.21. The van der Waals surface area contributed by atoms with Gasteiger partial charge in [0.25, 0.3) is 0 Å². The molecule has 1 atom stereocenters. The van der Waals surface area contributed by atoms with Crippen molar-refractivity contribution in [2.24, 2.45) is 0 Å². The number of hydrogen-bond donors (Lipinski definition) is 0. The largest absolute Gasteiger partial charge is 0.425 e. The summed E-state index contributed by atoms with van der Waals surface area (Å²) < 4.78 is 5.19. The fourth-order valence-corrected chi connectivity index (χ4v) is 1.57. The standard InChI is InChI=1S/C14H13N3O3/c1-11(14(19)20-12-5-3-2-4-6-12)17(10-18)13-9-15-7-8-16-13/h2-11H,1H3/t11-/m0/s1. The highest BCUT2D eigenvalue weighted by molar-refractivity contribution is 5.88. The first kappa shape index (κ1) is 13.7. The molecule has 0 aliphatic carbocycles. The summed E-state index contributed by atoms with van der Waals surface area (Å²) in [5, 5.41) is 0. The van der Waals surface area contributed by atoms with Crippen LogP contribution < -0.4 is 9.64 Å². The van der Waals surface area contributed by atoms with Gasteiger partial charge in [0.15, 0.2) is 5.82 Å². The molecule has 0 N–H and O–H groups in total. The van der Waals surface area contributed by atoms with E-state index < -0.39 is 12.0 Å². The van der Waals surface area contributed by atoms with Crippen molar-refractivity contribution < 1.29 is 14.3 Å². The summed E-state index contributed by atoms with van der Waals surface area (Å²) in [7, 11) is 0. The van der Waals surface area contributed by atoms with Gasteiger partial charge in [-0.1, -0.05) is 18.2 Å². The minimum absolute atomic E-state index is 0.292. The van der Waals surface area contributed by atoms with E-state index >= 15 is 0 Å². The Kier molecular flexibility index (Phi) is 4.39. The number of carbonyl (C=O) groups is 2. The molecular formula is C14H13N3O3. The third kappa shape index (κ3) is 3.17. The van der Waals surface area contributed by atoms with Crippen molar-refractivity contribution in [3.05, 3.63) is 48.9 Å². The van der Waals surface area contributed by atoms with E-state index in [1.807, 2.05) is 6.07 Å². The lowest BCUT2D eigenvalue weighted by atomic mass is 10.3. The first-order chi connectivity index (χ1) is 9.72. The average Bonchev–Trinajstić information content (AvgIpc) is 2.50. The maximum atomic E-state index is 12.0. The van der Waals surface area contributed by atoms with E-state index in [1.54, 1.807) is 31.2 Å². The maximum absolute atomic E-state index is 12.0. The zero-order valence-electron chi connectivity index (χ0n) is 10.8. The van der Waals surface area contributed by atoms with E-state index in [-0.39, 0.29) is 0 Å². The van der Waals surface area contributed by atoms with Crippen LogP contribution in [0.15, 0.2) is 48.9 Å². The third-order valence-electron chi connectivity index (χ3n) is 2.65. The van der Waals surface area contributed by atoms with Gasteiger partial charge in [-0.25, -0.2) is 9.78 Å². The average molecular weight is 271 g/mol. The van der Waals surface area contributed by atoms with Gasteiger partial charge >= 0.3 is 5.97 Å². The van der Waals surface area contributed by atoms with Crippen molar-refractivity contribution in [1.29, 1.82) is 0 Å². The highest BCUT2D eigenvalue weighted by Gasteiger charge is 2.24. The number of aromatic nitrogens is 2. The molecule has 0 aliphatic rings. The summed E-state index contributed by atoms with van der Waals surface area (Å²) in [6.07, 6.45) is 4.86. The quantitative estimate of drug-likeness (QED) is 0.467. The fourth-order valence-electron chi connectivity index (χ4n) is 1.57. The topological polar surface area (TPSA) is 72.4 Å². The molecule has 1 aromatic carbocycles. The molecule has 0 aliphatic heterocycles. The monoisotopic (exact) mass is 271 g/mol. The lowest BCUT2D eigenvalue weighted by Crippen LogP contribution is -2.41. The molecule has 1 aromatic heterocycles. The van der Waals surface area contributed by atoms with Gasteiger partial charge in [0.1, 0.15) is 11.8 Å². The molecule has 2 rings (SSSR count). The summed E-state index contributed by atoms with van der Waals surface area (Å²) in [5.41, 5.74) is 0. The smallest absolute Gasteiger partial charge is 0.334 e. The molecule has 0 saturated heterocycles. The second-order valence-electron chi connectivity index (χ2n) is 3.99. The molecule has 1 amide bonds. The number of benzene rings is 1. The zero-order valence-corrected chi connectivity index (χ0v) is 10.8. The number of ether oxygens (including phenoxy) is 1. The summed E-state index contributed by atoms with van der Waals surface area (Å²) in [4.78, 5) is 32.2. The molecule has 2 aromatic rings. The normalized spacial score (nSPS) is 11.4. The number of carbonyl (C=O) groups excluding carboxylic acids is 2. The minimum atomic E-state index is -0.801. The number of nitrogens with zero attached hydrogens (tertiary/aromatic N) is 3. The van der Waals surface area contributed by atoms with Gasteiger partial charge in [-0.05, 0) is 19.1 Å². The third-order valence-corrected chi connectivity index (χ3v) is 2.65. The molecule has 1 heterocycles. The highest BCUT2D eigenvalue weighted by atomic mass is 16.5. The molecule has 0 radical (unpaired) electrons. The van der Waals surface area contributed by atoms with Crippen LogP contribution in [-0.2, 0) is 9.59 Å². The molecule has 6 nitrogen and oxygen atoms in total. The number of amides is 1. The van der Waals surface area contributed by atoms with Gasteiger partial charge in [-0.3, -0.25) is 14.7 Å². The Morgan fingerprint density at radius 3 is 2.65 bits per heavy atom. The van der Waals surface area contributed by atoms with Crippen LogP contribution in [-0.4, -0.2) is 28.4 Å². The molecule has 0 bridgehead atoms. The van der Waals surface area contributed by atoms with Gasteiger partial charge < -0.3 is 4.74 Å². The van der Waals surface area contributed by atoms with Crippen molar-refractivity contribution in [2.45, 2.75) is 13.0 Å². The van der Waals surface area contributed by atoms with Crippen molar-refractivity contribution in [3.63, 3.8) is 0 Å². The summed E-state index contributed by atoms with van der Waals surface area (Å²) >= 11 is 0. The Morgan fingerprint density at radius 1 is 1.30 bits per heavy atom. The predicted molar refractivity (Wildman–Crippen MR) is 72.1 cm³/mol. The van der Waals surface area contributed by atoms with Gasteiger partial charge in [0.2, 0.25) is 6.41 Å². The van der Waals surface area contributed by atoms with Crippen LogP contribution in [0.3, 0.4) is 0 Å². The molecule has 102 valence electrons. The van der Waals surface area contributed by atoms with Gasteiger partial charge in [-0.15, -0.1) is 0 Å². The van der Waals surface area contributed by atoms with Gasteiger partial charge in [0, 0.05) is 12.4 Å². The number of anilines is 1. The van der Waals surface area contributed by atoms with Crippen molar-refractivity contribution >= 4 is 18.2 Å². The second kappa shape index (κ2) is 6.42. The Morgan fingerprint density at radius 2 is 2.05 bits per heavy atom. The highest BCUT2D eigenvalue weighted by Crippen LogP contribution is 2.14. The van der Waals surface area contributed by atoms with E-state index in [1.165, 1.54) is 18.6 Å². The number of hydrogen-bond acceptors (Lipinski definition) is 5. The predicted octanol–water partition coefficient (Wildman–Crippen LogP) is 1.43.